The minimum absolute atomic E-state index is 0.136. The normalized spacial score (nSPS) is 10.7. The van der Waals surface area contributed by atoms with E-state index in [0.717, 1.165) is 5.56 Å². The zero-order valence-electron chi connectivity index (χ0n) is 12.8. The van der Waals surface area contributed by atoms with E-state index in [1.807, 2.05) is 19.1 Å². The summed E-state index contributed by atoms with van der Waals surface area (Å²) in [7, 11) is 0. The lowest BCUT2D eigenvalue weighted by atomic mass is 10.1. The molecule has 0 unspecified atom stereocenters. The molecule has 0 N–H and O–H groups in total. The molecule has 1 aromatic heterocycles. The molecule has 0 spiro atoms. The number of carbonyl (C=O) groups excluding carboxylic acids is 1. The predicted molar refractivity (Wildman–Crippen MR) is 88.2 cm³/mol. The number of rotatable bonds is 4. The number of carbonyl (C=O) groups is 1. The maximum atomic E-state index is 12.4. The van der Waals surface area contributed by atoms with Crippen molar-refractivity contribution >= 4 is 22.4 Å². The van der Waals surface area contributed by atoms with Crippen molar-refractivity contribution in [2.45, 2.75) is 13.5 Å². The van der Waals surface area contributed by atoms with Crippen molar-refractivity contribution in [3.8, 4) is 0 Å². The summed E-state index contributed by atoms with van der Waals surface area (Å²) in [5, 5.41) is 11.0. The summed E-state index contributed by atoms with van der Waals surface area (Å²) in [6, 6.07) is 10.9. The molecule has 1 heterocycles. The lowest BCUT2D eigenvalue weighted by Crippen LogP contribution is -2.24. The SMILES string of the molecule is Cc1ccc(C(=O)Cn2cnc3cc([N+](=O)[O-])ccc3c2=O)cc1. The Labute approximate surface area is 136 Å². The number of ketones is 1. The molecule has 24 heavy (non-hydrogen) atoms. The molecule has 3 aromatic rings. The lowest BCUT2D eigenvalue weighted by Gasteiger charge is -2.06. The van der Waals surface area contributed by atoms with E-state index in [0.29, 0.717) is 5.56 Å². The third kappa shape index (κ3) is 2.91. The van der Waals surface area contributed by atoms with Gasteiger partial charge in [0.15, 0.2) is 5.78 Å². The zero-order chi connectivity index (χ0) is 17.3. The summed E-state index contributed by atoms with van der Waals surface area (Å²) in [5.74, 6) is -0.208. The first-order valence-corrected chi connectivity index (χ1v) is 7.19. The maximum Gasteiger partial charge on any atom is 0.271 e. The number of hydrogen-bond acceptors (Lipinski definition) is 5. The quantitative estimate of drug-likeness (QED) is 0.417. The van der Waals surface area contributed by atoms with Crippen LogP contribution in [0.1, 0.15) is 15.9 Å². The highest BCUT2D eigenvalue weighted by Gasteiger charge is 2.13. The van der Waals surface area contributed by atoms with Crippen LogP contribution >= 0.6 is 0 Å². The molecule has 7 nitrogen and oxygen atoms in total. The van der Waals surface area contributed by atoms with Crippen molar-refractivity contribution in [2.24, 2.45) is 0 Å². The third-order valence-corrected chi connectivity index (χ3v) is 3.71. The molecule has 7 heteroatoms. The van der Waals surface area contributed by atoms with Gasteiger partial charge in [0.2, 0.25) is 0 Å². The fourth-order valence-electron chi connectivity index (χ4n) is 2.36. The Morgan fingerprint density at radius 1 is 1.21 bits per heavy atom. The van der Waals surface area contributed by atoms with Gasteiger partial charge in [0.05, 0.1) is 28.7 Å². The molecule has 0 aliphatic rings. The minimum Gasteiger partial charge on any atom is -0.292 e. The Morgan fingerprint density at radius 2 is 1.92 bits per heavy atom. The molecule has 0 saturated heterocycles. The molecule has 0 amide bonds. The number of nitro benzene ring substituents is 1. The van der Waals surface area contributed by atoms with E-state index in [4.69, 9.17) is 0 Å². The van der Waals surface area contributed by atoms with E-state index < -0.39 is 10.5 Å². The van der Waals surface area contributed by atoms with Crippen molar-refractivity contribution < 1.29 is 9.72 Å². The fourth-order valence-corrected chi connectivity index (χ4v) is 2.36. The summed E-state index contributed by atoms with van der Waals surface area (Å²) in [6.07, 6.45) is 1.24. The van der Waals surface area contributed by atoms with Crippen LogP contribution in [0.5, 0.6) is 0 Å². The van der Waals surface area contributed by atoms with Gasteiger partial charge in [0.25, 0.3) is 11.2 Å². The molecule has 2 aromatic carbocycles. The van der Waals surface area contributed by atoms with Crippen molar-refractivity contribution in [3.63, 3.8) is 0 Å². The number of fused-ring (bicyclic) bond motifs is 1. The van der Waals surface area contributed by atoms with Gasteiger partial charge in [-0.15, -0.1) is 0 Å². The van der Waals surface area contributed by atoms with E-state index in [9.17, 15) is 19.7 Å². The van der Waals surface area contributed by atoms with Gasteiger partial charge in [0.1, 0.15) is 0 Å². The molecule has 0 aliphatic heterocycles. The first-order valence-electron chi connectivity index (χ1n) is 7.19. The number of Topliss-reactive ketones (excluding diaryl/α,β-unsaturated/α-hetero) is 1. The van der Waals surface area contributed by atoms with Crippen LogP contribution in [0.25, 0.3) is 10.9 Å². The second-order valence-electron chi connectivity index (χ2n) is 5.43. The Morgan fingerprint density at radius 3 is 2.58 bits per heavy atom. The monoisotopic (exact) mass is 323 g/mol. The second kappa shape index (κ2) is 6.04. The number of non-ortho nitro benzene ring substituents is 1. The predicted octanol–water partition coefficient (Wildman–Crippen LogP) is 2.50. The molecule has 0 bridgehead atoms. The molecular weight excluding hydrogens is 310 g/mol. The molecule has 0 aliphatic carbocycles. The van der Waals surface area contributed by atoms with Crippen LogP contribution in [0.4, 0.5) is 5.69 Å². The van der Waals surface area contributed by atoms with Gasteiger partial charge < -0.3 is 0 Å². The molecule has 120 valence electrons. The van der Waals surface area contributed by atoms with Crippen molar-refractivity contribution in [3.05, 3.63) is 80.4 Å². The highest BCUT2D eigenvalue weighted by molar-refractivity contribution is 5.96. The number of benzene rings is 2. The lowest BCUT2D eigenvalue weighted by molar-refractivity contribution is -0.384. The second-order valence-corrected chi connectivity index (χ2v) is 5.43. The Bertz CT molecular complexity index is 1010. The van der Waals surface area contributed by atoms with Gasteiger partial charge >= 0.3 is 0 Å². The van der Waals surface area contributed by atoms with Crippen molar-refractivity contribution in [1.82, 2.24) is 9.55 Å². The van der Waals surface area contributed by atoms with Gasteiger partial charge in [-0.2, -0.15) is 0 Å². The van der Waals surface area contributed by atoms with Crippen LogP contribution in [0.15, 0.2) is 53.6 Å². The van der Waals surface area contributed by atoms with Crippen molar-refractivity contribution in [1.29, 1.82) is 0 Å². The molecule has 0 atom stereocenters. The van der Waals surface area contributed by atoms with Gasteiger partial charge in [-0.25, -0.2) is 4.98 Å². The van der Waals surface area contributed by atoms with E-state index >= 15 is 0 Å². The number of nitro groups is 1. The number of nitrogens with zero attached hydrogens (tertiary/aromatic N) is 3. The van der Waals surface area contributed by atoms with Crippen molar-refractivity contribution in [2.75, 3.05) is 0 Å². The average molecular weight is 323 g/mol. The van der Waals surface area contributed by atoms with E-state index in [-0.39, 0.29) is 28.9 Å². The van der Waals surface area contributed by atoms with Crippen LogP contribution in [-0.4, -0.2) is 20.3 Å². The molecule has 0 saturated carbocycles. The number of hydrogen-bond donors (Lipinski definition) is 0. The Hall–Kier alpha value is -3.35. The summed E-state index contributed by atoms with van der Waals surface area (Å²) in [5.41, 5.74) is 1.24. The maximum absolute atomic E-state index is 12.4. The van der Waals surface area contributed by atoms with Gasteiger partial charge in [0, 0.05) is 17.7 Å². The van der Waals surface area contributed by atoms with Crippen LogP contribution in [0.2, 0.25) is 0 Å². The Kier molecular flexibility index (Phi) is 3.91. The molecule has 3 rings (SSSR count). The highest BCUT2D eigenvalue weighted by Crippen LogP contribution is 2.16. The third-order valence-electron chi connectivity index (χ3n) is 3.71. The van der Waals surface area contributed by atoms with Crippen LogP contribution < -0.4 is 5.56 Å². The van der Waals surface area contributed by atoms with Crippen LogP contribution in [0.3, 0.4) is 0 Å². The average Bonchev–Trinajstić information content (AvgIpc) is 2.57. The highest BCUT2D eigenvalue weighted by atomic mass is 16.6. The molecule has 0 radical (unpaired) electrons. The van der Waals surface area contributed by atoms with E-state index in [1.165, 1.54) is 29.1 Å². The van der Waals surface area contributed by atoms with Crippen LogP contribution in [0, 0.1) is 17.0 Å². The first-order chi connectivity index (χ1) is 11.5. The first kappa shape index (κ1) is 15.5. The topological polar surface area (TPSA) is 95.1 Å². The Balaban J connectivity index is 1.95. The van der Waals surface area contributed by atoms with E-state index in [2.05, 4.69) is 4.98 Å². The number of aryl methyl sites for hydroxylation is 1. The van der Waals surface area contributed by atoms with Gasteiger partial charge in [-0.3, -0.25) is 24.3 Å². The number of aromatic nitrogens is 2. The summed E-state index contributed by atoms with van der Waals surface area (Å²) >= 11 is 0. The standard InChI is InChI=1S/C17H13N3O4/c1-11-2-4-12(5-3-11)16(21)9-19-10-18-15-8-13(20(23)24)6-7-14(15)17(19)22/h2-8,10H,9H2,1H3. The zero-order valence-corrected chi connectivity index (χ0v) is 12.8. The largest absolute Gasteiger partial charge is 0.292 e. The summed E-state index contributed by atoms with van der Waals surface area (Å²) in [6.45, 7) is 1.78. The fraction of sp³-hybridized carbons (Fsp3) is 0.118. The van der Waals surface area contributed by atoms with E-state index in [1.54, 1.807) is 12.1 Å². The van der Waals surface area contributed by atoms with Crippen LogP contribution in [-0.2, 0) is 6.54 Å². The molecule has 0 fully saturated rings. The smallest absolute Gasteiger partial charge is 0.271 e. The minimum atomic E-state index is -0.548. The van der Waals surface area contributed by atoms with Gasteiger partial charge in [-0.1, -0.05) is 29.8 Å². The van der Waals surface area contributed by atoms with Gasteiger partial charge in [-0.05, 0) is 13.0 Å². The molecular formula is C17H13N3O4. The summed E-state index contributed by atoms with van der Waals surface area (Å²) < 4.78 is 1.20. The summed E-state index contributed by atoms with van der Waals surface area (Å²) in [4.78, 5) is 39.0.